The molecule has 2 saturated carbocycles. The van der Waals surface area contributed by atoms with Crippen LogP contribution in [0.3, 0.4) is 0 Å². The molecule has 0 saturated heterocycles. The Morgan fingerprint density at radius 2 is 1.88 bits per heavy atom. The van der Waals surface area contributed by atoms with Gasteiger partial charge < -0.3 is 14.6 Å². The molecule has 7 nitrogen and oxygen atoms in total. The van der Waals surface area contributed by atoms with Crippen LogP contribution < -0.4 is 5.32 Å². The standard InChI is InChI=1S/C33H50N2O5/c1-5-6-15-38-16-14-29(23(4)33(36)34-28(21-39-37)20-24-10-8-7-9-11-24)31-30(26-12-13-26)32(40-35-31)27-18-25(19-27)17-22(2)3/h7-11,22-23,25-29,37H,5-6,12-21H2,1-4H3,(H,34,36)/t23?,25?,27?,28-,29?/m1/s1. The van der Waals surface area contributed by atoms with Crippen molar-refractivity contribution < 1.29 is 24.2 Å². The van der Waals surface area contributed by atoms with E-state index in [9.17, 15) is 10.1 Å². The van der Waals surface area contributed by atoms with Gasteiger partial charge in [0.2, 0.25) is 5.91 Å². The molecule has 2 fully saturated rings. The summed E-state index contributed by atoms with van der Waals surface area (Å²) in [6.07, 6.45) is 9.36. The van der Waals surface area contributed by atoms with E-state index in [-0.39, 0.29) is 30.4 Å². The third-order valence-corrected chi connectivity index (χ3v) is 8.71. The highest BCUT2D eigenvalue weighted by atomic mass is 17.1. The molecular formula is C33H50N2O5. The van der Waals surface area contributed by atoms with Crippen molar-refractivity contribution in [3.8, 4) is 0 Å². The van der Waals surface area contributed by atoms with E-state index in [0.29, 0.717) is 31.3 Å². The van der Waals surface area contributed by atoms with Gasteiger partial charge in [0.1, 0.15) is 12.4 Å². The van der Waals surface area contributed by atoms with E-state index in [1.54, 1.807) is 0 Å². The summed E-state index contributed by atoms with van der Waals surface area (Å²) in [5.74, 6) is 3.01. The van der Waals surface area contributed by atoms with E-state index >= 15 is 0 Å². The topological polar surface area (TPSA) is 93.8 Å². The predicted octanol–water partition coefficient (Wildman–Crippen LogP) is 7.24. The predicted molar refractivity (Wildman–Crippen MR) is 156 cm³/mol. The summed E-state index contributed by atoms with van der Waals surface area (Å²) in [6.45, 7) is 10.1. The van der Waals surface area contributed by atoms with Gasteiger partial charge in [0.15, 0.2) is 0 Å². The molecule has 1 amide bonds. The number of carbonyl (C=O) groups is 1. The van der Waals surface area contributed by atoms with E-state index in [2.05, 4.69) is 31.0 Å². The fourth-order valence-electron chi connectivity index (χ4n) is 6.31. The Hall–Kier alpha value is -2.22. The summed E-state index contributed by atoms with van der Waals surface area (Å²) in [7, 11) is 0. The number of amides is 1. The maximum Gasteiger partial charge on any atom is 0.223 e. The van der Waals surface area contributed by atoms with Crippen LogP contribution in [0.2, 0.25) is 0 Å². The number of benzene rings is 1. The van der Waals surface area contributed by atoms with Crippen molar-refractivity contribution in [2.75, 3.05) is 19.8 Å². The Labute approximate surface area is 240 Å². The van der Waals surface area contributed by atoms with Crippen molar-refractivity contribution in [2.24, 2.45) is 17.8 Å². The summed E-state index contributed by atoms with van der Waals surface area (Å²) in [5.41, 5.74) is 3.32. The highest BCUT2D eigenvalue weighted by Gasteiger charge is 2.43. The molecule has 2 aliphatic carbocycles. The molecule has 2 unspecified atom stereocenters. The number of rotatable bonds is 18. The van der Waals surface area contributed by atoms with Crippen LogP contribution in [0.25, 0.3) is 0 Å². The van der Waals surface area contributed by atoms with Crippen LogP contribution in [-0.4, -0.2) is 42.2 Å². The van der Waals surface area contributed by atoms with Crippen LogP contribution in [0.5, 0.6) is 0 Å². The van der Waals surface area contributed by atoms with Crippen LogP contribution in [0, 0.1) is 17.8 Å². The second-order valence-electron chi connectivity index (χ2n) is 12.6. The SMILES string of the molecule is CCCCOCCC(c1noc(C2CC(CC(C)C)C2)c1C1CC1)C(C)C(=O)N[C@@H](COO)Cc1ccccc1. The second-order valence-corrected chi connectivity index (χ2v) is 12.6. The molecule has 4 rings (SSSR count). The van der Waals surface area contributed by atoms with Crippen molar-refractivity contribution >= 4 is 5.91 Å². The molecule has 1 aromatic heterocycles. The highest BCUT2D eigenvalue weighted by molar-refractivity contribution is 5.79. The summed E-state index contributed by atoms with van der Waals surface area (Å²) in [6, 6.07) is 9.60. The lowest BCUT2D eigenvalue weighted by atomic mass is 9.69. The third kappa shape index (κ3) is 8.40. The van der Waals surface area contributed by atoms with E-state index in [1.165, 1.54) is 24.8 Å². The fourth-order valence-corrected chi connectivity index (χ4v) is 6.31. The largest absolute Gasteiger partial charge is 0.381 e. The average Bonchev–Trinajstić information content (AvgIpc) is 3.67. The van der Waals surface area contributed by atoms with Gasteiger partial charge in [-0.25, -0.2) is 4.89 Å². The van der Waals surface area contributed by atoms with Crippen LogP contribution in [-0.2, 0) is 20.8 Å². The molecule has 7 heteroatoms. The van der Waals surface area contributed by atoms with Crippen molar-refractivity contribution in [1.82, 2.24) is 10.5 Å². The van der Waals surface area contributed by atoms with Crippen LogP contribution >= 0.6 is 0 Å². The molecule has 1 aromatic carbocycles. The molecule has 0 bridgehead atoms. The van der Waals surface area contributed by atoms with E-state index in [4.69, 9.17) is 14.4 Å². The number of aromatic nitrogens is 1. The molecule has 40 heavy (non-hydrogen) atoms. The highest BCUT2D eigenvalue weighted by Crippen LogP contribution is 2.53. The number of hydrogen-bond donors (Lipinski definition) is 2. The van der Waals surface area contributed by atoms with Crippen molar-refractivity contribution in [1.29, 1.82) is 0 Å². The van der Waals surface area contributed by atoms with Gasteiger partial charge in [-0.1, -0.05) is 69.6 Å². The Morgan fingerprint density at radius 1 is 1.12 bits per heavy atom. The van der Waals surface area contributed by atoms with Gasteiger partial charge in [0, 0.05) is 36.5 Å². The van der Waals surface area contributed by atoms with Crippen molar-refractivity contribution in [2.45, 2.75) is 109 Å². The number of nitrogens with one attached hydrogen (secondary N) is 1. The maximum atomic E-state index is 13.7. The summed E-state index contributed by atoms with van der Waals surface area (Å²) in [5, 5.41) is 17.0. The molecule has 0 radical (unpaired) electrons. The van der Waals surface area contributed by atoms with E-state index in [0.717, 1.165) is 61.1 Å². The van der Waals surface area contributed by atoms with Crippen LogP contribution in [0.1, 0.15) is 119 Å². The molecule has 1 heterocycles. The van der Waals surface area contributed by atoms with Gasteiger partial charge in [0.05, 0.1) is 11.7 Å². The monoisotopic (exact) mass is 554 g/mol. The maximum absolute atomic E-state index is 13.7. The second kappa shape index (κ2) is 15.1. The number of unbranched alkanes of at least 4 members (excludes halogenated alkanes) is 1. The number of ether oxygens (including phenoxy) is 1. The van der Waals surface area contributed by atoms with Gasteiger partial charge in [-0.2, -0.15) is 0 Å². The minimum absolute atomic E-state index is 0.0266. The number of carbonyl (C=O) groups excluding carboxylic acids is 1. The first-order valence-corrected chi connectivity index (χ1v) is 15.6. The molecule has 222 valence electrons. The zero-order valence-corrected chi connectivity index (χ0v) is 24.9. The zero-order valence-electron chi connectivity index (χ0n) is 24.9. The normalized spacial score (nSPS) is 21.1. The van der Waals surface area contributed by atoms with E-state index < -0.39 is 0 Å². The third-order valence-electron chi connectivity index (χ3n) is 8.71. The average molecular weight is 555 g/mol. The lowest BCUT2D eigenvalue weighted by molar-refractivity contribution is -0.246. The van der Waals surface area contributed by atoms with Gasteiger partial charge in [-0.05, 0) is 74.7 Å². The molecule has 2 aliphatic rings. The first-order valence-electron chi connectivity index (χ1n) is 15.6. The molecule has 2 N–H and O–H groups in total. The number of nitrogens with zero attached hydrogens (tertiary/aromatic N) is 1. The molecule has 0 aliphatic heterocycles. The number of hydrogen-bond acceptors (Lipinski definition) is 6. The zero-order chi connectivity index (χ0) is 28.5. The lowest BCUT2D eigenvalue weighted by Gasteiger charge is -2.35. The fraction of sp³-hybridized carbons (Fsp3) is 0.697. The Morgan fingerprint density at radius 3 is 2.52 bits per heavy atom. The van der Waals surface area contributed by atoms with Crippen molar-refractivity contribution in [3.05, 3.63) is 52.9 Å². The first kappa shape index (κ1) is 30.7. The minimum atomic E-state index is -0.340. The Balaban J connectivity index is 1.50. The van der Waals surface area contributed by atoms with E-state index in [1.807, 2.05) is 37.3 Å². The van der Waals surface area contributed by atoms with Crippen molar-refractivity contribution in [3.63, 3.8) is 0 Å². The Bertz CT molecular complexity index is 1030. The van der Waals surface area contributed by atoms with Crippen LogP contribution in [0.4, 0.5) is 0 Å². The van der Waals surface area contributed by atoms with Gasteiger partial charge >= 0.3 is 0 Å². The van der Waals surface area contributed by atoms with Crippen LogP contribution in [0.15, 0.2) is 34.9 Å². The Kier molecular flexibility index (Phi) is 11.6. The quantitative estimate of drug-likeness (QED) is 0.115. The molecule has 2 aromatic rings. The first-order chi connectivity index (χ1) is 19.4. The molecule has 3 atom stereocenters. The van der Waals surface area contributed by atoms with Gasteiger partial charge in [-0.3, -0.25) is 10.1 Å². The van der Waals surface area contributed by atoms with Gasteiger partial charge in [0.25, 0.3) is 0 Å². The summed E-state index contributed by atoms with van der Waals surface area (Å²) >= 11 is 0. The summed E-state index contributed by atoms with van der Waals surface area (Å²) in [4.78, 5) is 18.2. The van der Waals surface area contributed by atoms with Gasteiger partial charge in [-0.15, -0.1) is 0 Å². The summed E-state index contributed by atoms with van der Waals surface area (Å²) < 4.78 is 12.1. The molecule has 0 spiro atoms. The minimum Gasteiger partial charge on any atom is -0.381 e. The smallest absolute Gasteiger partial charge is 0.223 e. The lowest BCUT2D eigenvalue weighted by Crippen LogP contribution is -2.43. The molecular weight excluding hydrogens is 504 g/mol.